The molecule has 126 valence electrons. The summed E-state index contributed by atoms with van der Waals surface area (Å²) in [5, 5.41) is 2.05. The van der Waals surface area contributed by atoms with Crippen molar-refractivity contribution in [3.63, 3.8) is 0 Å². The van der Waals surface area contributed by atoms with Crippen LogP contribution in [0.3, 0.4) is 0 Å². The van der Waals surface area contributed by atoms with Crippen LogP contribution in [-0.2, 0) is 4.84 Å². The monoisotopic (exact) mass is 305 g/mol. The molecule has 0 heterocycles. The number of unbranched alkanes of at least 4 members (excludes halogenated alkanes) is 9. The Hall–Kier alpha value is -1.02. The van der Waals surface area contributed by atoms with Crippen LogP contribution in [0.1, 0.15) is 78.1 Å². The summed E-state index contributed by atoms with van der Waals surface area (Å²) in [7, 11) is 0. The van der Waals surface area contributed by atoms with E-state index in [1.54, 1.807) is 0 Å². The third kappa shape index (κ3) is 9.09. The molecule has 0 fully saturated rings. The van der Waals surface area contributed by atoms with Gasteiger partial charge in [-0.05, 0) is 25.5 Å². The van der Waals surface area contributed by atoms with E-state index < -0.39 is 0 Å². The van der Waals surface area contributed by atoms with Gasteiger partial charge in [0.15, 0.2) is 0 Å². The van der Waals surface area contributed by atoms with Gasteiger partial charge < -0.3 is 0 Å². The van der Waals surface area contributed by atoms with E-state index in [0.717, 1.165) is 13.2 Å². The highest BCUT2D eigenvalue weighted by atomic mass is 16.7. The van der Waals surface area contributed by atoms with Gasteiger partial charge in [0.05, 0.1) is 12.3 Å². The van der Waals surface area contributed by atoms with Crippen LogP contribution in [-0.4, -0.2) is 13.2 Å². The van der Waals surface area contributed by atoms with Gasteiger partial charge in [-0.2, -0.15) is 0 Å². The fraction of sp³-hybridized carbons (Fsp3) is 0.700. The number of benzene rings is 1. The average molecular weight is 306 g/mol. The van der Waals surface area contributed by atoms with Gasteiger partial charge in [-0.25, -0.2) is 0 Å². The summed E-state index contributed by atoms with van der Waals surface area (Å²) in [4.78, 5) is 5.74. The Morgan fingerprint density at radius 3 is 1.82 bits per heavy atom. The second-order valence-electron chi connectivity index (χ2n) is 6.04. The van der Waals surface area contributed by atoms with Crippen LogP contribution in [0.15, 0.2) is 30.3 Å². The predicted octanol–water partition coefficient (Wildman–Crippen LogP) is 6.37. The lowest BCUT2D eigenvalue weighted by molar-refractivity contribution is 0.119. The molecule has 0 aromatic heterocycles. The second kappa shape index (κ2) is 13.6. The van der Waals surface area contributed by atoms with Gasteiger partial charge in [-0.3, -0.25) is 9.90 Å². The quantitative estimate of drug-likeness (QED) is 0.293. The number of hydrogen-bond donors (Lipinski definition) is 0. The van der Waals surface area contributed by atoms with Crippen LogP contribution in [0, 0.1) is 0 Å². The standard InChI is InChI=1S/C20H35NO/c1-3-5-6-7-8-9-10-11-12-16-19-21(22-4-2)20-17-14-13-15-18-20/h13-15,17-18H,3-12,16,19H2,1-2H3. The SMILES string of the molecule is CCCCCCCCCCCCN(OCC)c1ccccc1. The number of hydrogen-bond acceptors (Lipinski definition) is 2. The zero-order valence-corrected chi connectivity index (χ0v) is 14.7. The summed E-state index contributed by atoms with van der Waals surface area (Å²) < 4.78 is 0. The summed E-state index contributed by atoms with van der Waals surface area (Å²) >= 11 is 0. The molecule has 2 heteroatoms. The van der Waals surface area contributed by atoms with Crippen molar-refractivity contribution >= 4 is 5.69 Å². The first-order valence-electron chi connectivity index (χ1n) is 9.34. The molecular formula is C20H35NO. The molecule has 0 bridgehead atoms. The molecular weight excluding hydrogens is 270 g/mol. The predicted molar refractivity (Wildman–Crippen MR) is 97.3 cm³/mol. The van der Waals surface area contributed by atoms with Crippen LogP contribution < -0.4 is 5.06 Å². The highest BCUT2D eigenvalue weighted by molar-refractivity contribution is 5.43. The summed E-state index contributed by atoms with van der Waals surface area (Å²) in [5.74, 6) is 0. The van der Waals surface area contributed by atoms with Crippen molar-refractivity contribution in [1.29, 1.82) is 0 Å². The van der Waals surface area contributed by atoms with Gasteiger partial charge in [-0.15, -0.1) is 0 Å². The lowest BCUT2D eigenvalue weighted by Crippen LogP contribution is -2.24. The first-order valence-corrected chi connectivity index (χ1v) is 9.34. The van der Waals surface area contributed by atoms with E-state index in [0.29, 0.717) is 0 Å². The van der Waals surface area contributed by atoms with Gasteiger partial charge in [0.2, 0.25) is 0 Å². The van der Waals surface area contributed by atoms with Crippen molar-refractivity contribution in [3.05, 3.63) is 30.3 Å². The van der Waals surface area contributed by atoms with E-state index in [-0.39, 0.29) is 0 Å². The van der Waals surface area contributed by atoms with Crippen LogP contribution in [0.5, 0.6) is 0 Å². The Morgan fingerprint density at radius 1 is 0.727 bits per heavy atom. The molecule has 0 saturated heterocycles. The van der Waals surface area contributed by atoms with E-state index in [1.807, 2.05) is 11.1 Å². The highest BCUT2D eigenvalue weighted by Gasteiger charge is 2.05. The Labute approximate surface area is 137 Å². The maximum Gasteiger partial charge on any atom is 0.0720 e. The summed E-state index contributed by atoms with van der Waals surface area (Å²) in [5.41, 5.74) is 1.17. The van der Waals surface area contributed by atoms with Gasteiger partial charge in [-0.1, -0.05) is 82.9 Å². The molecule has 0 unspecified atom stereocenters. The summed E-state index contributed by atoms with van der Waals surface area (Å²) in [6.07, 6.45) is 13.7. The minimum atomic E-state index is 0.729. The van der Waals surface area contributed by atoms with E-state index in [9.17, 15) is 0 Å². The molecule has 0 radical (unpaired) electrons. The fourth-order valence-corrected chi connectivity index (χ4v) is 2.76. The molecule has 1 aromatic carbocycles. The molecule has 0 atom stereocenters. The van der Waals surface area contributed by atoms with Crippen LogP contribution in [0.2, 0.25) is 0 Å². The Bertz CT molecular complexity index is 339. The minimum absolute atomic E-state index is 0.729. The van der Waals surface area contributed by atoms with Crippen molar-refractivity contribution < 1.29 is 4.84 Å². The Morgan fingerprint density at radius 2 is 1.27 bits per heavy atom. The van der Waals surface area contributed by atoms with Crippen LogP contribution in [0.25, 0.3) is 0 Å². The molecule has 1 aromatic rings. The number of rotatable bonds is 14. The molecule has 0 aliphatic carbocycles. The molecule has 0 N–H and O–H groups in total. The van der Waals surface area contributed by atoms with Crippen LogP contribution >= 0.6 is 0 Å². The topological polar surface area (TPSA) is 12.5 Å². The molecule has 1 rings (SSSR count). The summed E-state index contributed by atoms with van der Waals surface area (Å²) in [6, 6.07) is 10.4. The molecule has 0 aliphatic rings. The second-order valence-corrected chi connectivity index (χ2v) is 6.04. The van der Waals surface area contributed by atoms with Gasteiger partial charge in [0.1, 0.15) is 0 Å². The Balaban J connectivity index is 2.04. The lowest BCUT2D eigenvalue weighted by Gasteiger charge is -2.23. The molecule has 0 spiro atoms. The van der Waals surface area contributed by atoms with Crippen LogP contribution in [0.4, 0.5) is 5.69 Å². The van der Waals surface area contributed by atoms with E-state index in [2.05, 4.69) is 38.1 Å². The number of nitrogens with zero attached hydrogens (tertiary/aromatic N) is 1. The van der Waals surface area contributed by atoms with Crippen molar-refractivity contribution in [3.8, 4) is 0 Å². The molecule has 2 nitrogen and oxygen atoms in total. The zero-order chi connectivity index (χ0) is 15.9. The van der Waals surface area contributed by atoms with Gasteiger partial charge in [0.25, 0.3) is 0 Å². The summed E-state index contributed by atoms with van der Waals surface area (Å²) in [6.45, 7) is 6.05. The van der Waals surface area contributed by atoms with Crippen molar-refractivity contribution in [1.82, 2.24) is 0 Å². The fourth-order valence-electron chi connectivity index (χ4n) is 2.76. The minimum Gasteiger partial charge on any atom is -0.274 e. The Kier molecular flexibility index (Phi) is 11.8. The maximum atomic E-state index is 5.74. The van der Waals surface area contributed by atoms with E-state index in [4.69, 9.17) is 4.84 Å². The third-order valence-corrected chi connectivity index (χ3v) is 4.04. The highest BCUT2D eigenvalue weighted by Crippen LogP contribution is 2.16. The third-order valence-electron chi connectivity index (χ3n) is 4.04. The largest absolute Gasteiger partial charge is 0.274 e. The van der Waals surface area contributed by atoms with Gasteiger partial charge in [0, 0.05) is 6.54 Å². The van der Waals surface area contributed by atoms with Gasteiger partial charge >= 0.3 is 0 Å². The lowest BCUT2D eigenvalue weighted by atomic mass is 10.1. The zero-order valence-electron chi connectivity index (χ0n) is 14.7. The first-order chi connectivity index (χ1) is 10.9. The van der Waals surface area contributed by atoms with E-state index in [1.165, 1.54) is 69.9 Å². The normalized spacial score (nSPS) is 10.8. The van der Waals surface area contributed by atoms with Crippen molar-refractivity contribution in [2.75, 3.05) is 18.2 Å². The maximum absolute atomic E-state index is 5.74. The number of anilines is 1. The number of hydroxylamine groups is 1. The van der Waals surface area contributed by atoms with E-state index >= 15 is 0 Å². The molecule has 0 saturated carbocycles. The average Bonchev–Trinajstić information content (AvgIpc) is 2.56. The smallest absolute Gasteiger partial charge is 0.0720 e. The molecule has 0 amide bonds. The first kappa shape index (κ1) is 19.0. The number of para-hydroxylation sites is 1. The molecule has 0 aliphatic heterocycles. The molecule has 22 heavy (non-hydrogen) atoms. The van der Waals surface area contributed by atoms with Crippen molar-refractivity contribution in [2.45, 2.75) is 78.1 Å². The van der Waals surface area contributed by atoms with Crippen molar-refractivity contribution in [2.24, 2.45) is 0 Å².